The predicted octanol–water partition coefficient (Wildman–Crippen LogP) is 16.9. The summed E-state index contributed by atoms with van der Waals surface area (Å²) in [6.45, 7) is 3.67. The van der Waals surface area contributed by atoms with E-state index in [0.29, 0.717) is 6.42 Å². The summed E-state index contributed by atoms with van der Waals surface area (Å²) in [5.74, 6) is -0.203. The Bertz CT molecular complexity index is 1590. The van der Waals surface area contributed by atoms with Gasteiger partial charge in [-0.05, 0) is 83.5 Å². The zero-order chi connectivity index (χ0) is 56.5. The number of nitrogens with one attached hydrogen (secondary N) is 1. The highest BCUT2D eigenvalue weighted by Gasteiger charge is 2.44. The second-order valence-electron chi connectivity index (χ2n) is 21.8. The van der Waals surface area contributed by atoms with Crippen LogP contribution >= 0.6 is 0 Å². The normalized spacial score (nSPS) is 19.4. The maximum absolute atomic E-state index is 13.1. The van der Waals surface area contributed by atoms with Crippen LogP contribution in [0.5, 0.6) is 0 Å². The van der Waals surface area contributed by atoms with Gasteiger partial charge in [-0.2, -0.15) is 0 Å². The maximum Gasteiger partial charge on any atom is 0.220 e. The molecule has 1 saturated heterocycles. The monoisotopic (exact) mass is 1090 g/mol. The SMILES string of the molecule is CC/C=C\C/C=C\C/C=C\C/C=C\C/C=C\C/C=C\C/C=C\C/C=C\CCCCCCC(=O)NC(COC1OC(CO)C(O)C(O)C1O)C(O)/C=C/CCCCCCCCCCCCCCCCCCCCCCCCCC. The highest BCUT2D eigenvalue weighted by atomic mass is 16.7. The van der Waals surface area contributed by atoms with E-state index in [1.165, 1.54) is 141 Å². The van der Waals surface area contributed by atoms with Gasteiger partial charge in [0.25, 0.3) is 0 Å². The maximum atomic E-state index is 13.1. The molecular weight excluding hydrogens is 971 g/mol. The second kappa shape index (κ2) is 57.1. The van der Waals surface area contributed by atoms with Crippen LogP contribution in [-0.4, -0.2) is 87.5 Å². The van der Waals surface area contributed by atoms with Gasteiger partial charge in [0.15, 0.2) is 6.29 Å². The molecule has 0 aliphatic carbocycles. The third-order valence-corrected chi connectivity index (χ3v) is 14.6. The van der Waals surface area contributed by atoms with Crippen LogP contribution in [0.2, 0.25) is 0 Å². The van der Waals surface area contributed by atoms with E-state index < -0.39 is 49.5 Å². The molecule has 7 unspecified atom stereocenters. The average molecular weight is 1090 g/mol. The van der Waals surface area contributed by atoms with Crippen LogP contribution in [0.1, 0.15) is 264 Å². The number of aliphatic hydroxyl groups excluding tert-OH is 5. The van der Waals surface area contributed by atoms with Gasteiger partial charge in [0, 0.05) is 6.42 Å². The van der Waals surface area contributed by atoms with Crippen molar-refractivity contribution >= 4 is 5.91 Å². The van der Waals surface area contributed by atoms with Gasteiger partial charge in [0.2, 0.25) is 5.91 Å². The summed E-state index contributed by atoms with van der Waals surface area (Å²) >= 11 is 0. The largest absolute Gasteiger partial charge is 0.394 e. The van der Waals surface area contributed by atoms with Crippen LogP contribution in [0.15, 0.2) is 109 Å². The van der Waals surface area contributed by atoms with Crippen molar-refractivity contribution in [3.8, 4) is 0 Å². The molecule has 1 aliphatic heterocycles. The highest BCUT2D eigenvalue weighted by molar-refractivity contribution is 5.76. The van der Waals surface area contributed by atoms with Crippen LogP contribution in [0.4, 0.5) is 0 Å². The van der Waals surface area contributed by atoms with Crippen molar-refractivity contribution in [1.82, 2.24) is 5.32 Å². The molecular formula is C69H119NO8. The first-order chi connectivity index (χ1) is 38.3. The number of aliphatic hydroxyl groups is 5. The van der Waals surface area contributed by atoms with Crippen molar-refractivity contribution in [3.63, 3.8) is 0 Å². The summed E-state index contributed by atoms with van der Waals surface area (Å²) in [5, 5.41) is 54.7. The van der Waals surface area contributed by atoms with E-state index in [1.54, 1.807) is 6.08 Å². The summed E-state index contributed by atoms with van der Waals surface area (Å²) in [7, 11) is 0. The van der Waals surface area contributed by atoms with E-state index in [-0.39, 0.29) is 12.5 Å². The van der Waals surface area contributed by atoms with Crippen LogP contribution in [0.3, 0.4) is 0 Å². The third-order valence-electron chi connectivity index (χ3n) is 14.6. The van der Waals surface area contributed by atoms with E-state index in [2.05, 4.69) is 116 Å². The zero-order valence-electron chi connectivity index (χ0n) is 49.9. The van der Waals surface area contributed by atoms with Gasteiger partial charge in [-0.15, -0.1) is 0 Å². The predicted molar refractivity (Wildman–Crippen MR) is 331 cm³/mol. The first-order valence-corrected chi connectivity index (χ1v) is 32.1. The number of allylic oxidation sites excluding steroid dienone is 17. The van der Waals surface area contributed by atoms with Crippen molar-refractivity contribution in [3.05, 3.63) is 109 Å². The van der Waals surface area contributed by atoms with Gasteiger partial charge in [0.05, 0.1) is 25.4 Å². The molecule has 0 aromatic carbocycles. The molecule has 0 spiro atoms. The minimum absolute atomic E-state index is 0.203. The van der Waals surface area contributed by atoms with E-state index in [1.807, 2.05) is 6.08 Å². The minimum Gasteiger partial charge on any atom is -0.394 e. The molecule has 9 nitrogen and oxygen atoms in total. The van der Waals surface area contributed by atoms with Gasteiger partial charge < -0.3 is 40.3 Å². The summed E-state index contributed by atoms with van der Waals surface area (Å²) in [4.78, 5) is 13.1. The minimum atomic E-state index is -1.58. The van der Waals surface area contributed by atoms with Crippen LogP contribution in [0, 0.1) is 0 Å². The molecule has 7 atom stereocenters. The Kier molecular flexibility index (Phi) is 53.3. The second-order valence-corrected chi connectivity index (χ2v) is 21.8. The first kappa shape index (κ1) is 72.9. The first-order valence-electron chi connectivity index (χ1n) is 32.1. The quantitative estimate of drug-likeness (QED) is 0.0261. The molecule has 9 heteroatoms. The lowest BCUT2D eigenvalue weighted by atomic mass is 9.99. The van der Waals surface area contributed by atoms with Crippen LogP contribution < -0.4 is 5.32 Å². The summed E-state index contributed by atoms with van der Waals surface area (Å²) in [6, 6.07) is -0.829. The molecule has 0 saturated carbocycles. The van der Waals surface area contributed by atoms with Crippen molar-refractivity contribution in [2.75, 3.05) is 13.2 Å². The lowest BCUT2D eigenvalue weighted by Crippen LogP contribution is -2.60. The number of amides is 1. The fourth-order valence-corrected chi connectivity index (χ4v) is 9.59. The smallest absolute Gasteiger partial charge is 0.220 e. The van der Waals surface area contributed by atoms with Gasteiger partial charge in [-0.25, -0.2) is 0 Å². The van der Waals surface area contributed by atoms with Crippen LogP contribution in [0.25, 0.3) is 0 Å². The molecule has 1 rings (SSSR count). The molecule has 1 amide bonds. The van der Waals surface area contributed by atoms with E-state index in [4.69, 9.17) is 9.47 Å². The number of carbonyl (C=O) groups is 1. The van der Waals surface area contributed by atoms with Crippen LogP contribution in [-0.2, 0) is 14.3 Å². The molecule has 1 heterocycles. The number of rotatable bonds is 54. The Labute approximate surface area is 478 Å². The lowest BCUT2D eigenvalue weighted by molar-refractivity contribution is -0.302. The van der Waals surface area contributed by atoms with Gasteiger partial charge in [-0.1, -0.05) is 284 Å². The molecule has 6 N–H and O–H groups in total. The topological polar surface area (TPSA) is 149 Å². The number of unbranched alkanes of at least 4 members (excludes halogenated alkanes) is 28. The molecule has 0 aromatic heterocycles. The van der Waals surface area contributed by atoms with Gasteiger partial charge in [-0.3, -0.25) is 4.79 Å². The molecule has 0 bridgehead atoms. The molecule has 448 valence electrons. The summed E-state index contributed by atoms with van der Waals surface area (Å²) in [6.07, 6.45) is 77.3. The molecule has 78 heavy (non-hydrogen) atoms. The van der Waals surface area contributed by atoms with Crippen molar-refractivity contribution in [2.24, 2.45) is 0 Å². The zero-order valence-corrected chi connectivity index (χ0v) is 49.9. The lowest BCUT2D eigenvalue weighted by Gasteiger charge is -2.40. The fourth-order valence-electron chi connectivity index (χ4n) is 9.59. The molecule has 1 fully saturated rings. The molecule has 0 radical (unpaired) electrons. The molecule has 0 aromatic rings. The average Bonchev–Trinajstić information content (AvgIpc) is 3.45. The fraction of sp³-hybridized carbons (Fsp3) is 0.725. The third kappa shape index (κ3) is 45.6. The Balaban J connectivity index is 2.23. The van der Waals surface area contributed by atoms with E-state index in [9.17, 15) is 30.3 Å². The van der Waals surface area contributed by atoms with Crippen molar-refractivity contribution in [2.45, 2.75) is 307 Å². The summed E-state index contributed by atoms with van der Waals surface area (Å²) in [5.41, 5.74) is 0. The Hall–Kier alpha value is -3.15. The van der Waals surface area contributed by atoms with E-state index >= 15 is 0 Å². The Morgan fingerprint density at radius 1 is 0.449 bits per heavy atom. The number of carbonyl (C=O) groups excluding carboxylic acids is 1. The number of hydrogen-bond donors (Lipinski definition) is 6. The highest BCUT2D eigenvalue weighted by Crippen LogP contribution is 2.23. The van der Waals surface area contributed by atoms with E-state index in [0.717, 1.165) is 103 Å². The summed E-state index contributed by atoms with van der Waals surface area (Å²) < 4.78 is 11.3. The Morgan fingerprint density at radius 2 is 0.795 bits per heavy atom. The van der Waals surface area contributed by atoms with Crippen molar-refractivity contribution in [1.29, 1.82) is 0 Å². The number of hydrogen-bond acceptors (Lipinski definition) is 8. The standard InChI is InChI=1S/C69H119NO8/c1-3-5-7-9-11-13-15-17-19-21-23-25-27-29-31-32-33-35-37-39-41-43-45-47-49-51-53-55-57-59-65(73)70-62(61-77-69-68(76)67(75)66(74)64(60-71)78-69)63(72)58-56-54-52-50-48-46-44-42-40-38-36-34-30-28-26-24-22-20-18-16-14-12-10-8-6-4-2/h5,7,11,13,17,19,23,25,29,31,33,35,39,41,45,47,56,58,62-64,66-69,71-72,74-76H,3-4,6,8-10,12,14-16,18,20-22,24,26-28,30,32,34,36-38,40,42-44,46,48-55,57,59-61H2,1-2H3,(H,70,73)/b7-5-,13-11-,19-17-,25-23-,31-29-,35-33-,41-39-,47-45-,58-56+. The van der Waals surface area contributed by atoms with Crippen molar-refractivity contribution < 1.29 is 39.8 Å². The van der Waals surface area contributed by atoms with Gasteiger partial charge >= 0.3 is 0 Å². The number of ether oxygens (including phenoxy) is 2. The molecule has 1 aliphatic rings. The van der Waals surface area contributed by atoms with Gasteiger partial charge in [0.1, 0.15) is 24.4 Å². The Morgan fingerprint density at radius 3 is 1.18 bits per heavy atom.